The van der Waals surface area contributed by atoms with Gasteiger partial charge < -0.3 is 19.7 Å². The van der Waals surface area contributed by atoms with Crippen LogP contribution in [0.3, 0.4) is 0 Å². The van der Waals surface area contributed by atoms with Gasteiger partial charge in [0.2, 0.25) is 0 Å². The largest absolute Gasteiger partial charge is 0.491 e. The number of methoxy groups -OCH3 is 1. The molecule has 0 spiro atoms. The molecule has 190 valence electrons. The van der Waals surface area contributed by atoms with Gasteiger partial charge in [0.05, 0.1) is 11.7 Å². The molecule has 0 aromatic heterocycles. The van der Waals surface area contributed by atoms with Crippen molar-refractivity contribution in [3.63, 3.8) is 0 Å². The number of anilines is 1. The topological polar surface area (TPSA) is 71.1 Å². The summed E-state index contributed by atoms with van der Waals surface area (Å²) in [5, 5.41) is 2.81. The van der Waals surface area contributed by atoms with Gasteiger partial charge in [0, 0.05) is 50.6 Å². The third kappa shape index (κ3) is 6.80. The van der Waals surface area contributed by atoms with E-state index in [0.29, 0.717) is 35.7 Å². The zero-order chi connectivity index (χ0) is 25.5. The fourth-order valence-corrected chi connectivity index (χ4v) is 4.33. The Bertz CT molecular complexity index is 1010. The van der Waals surface area contributed by atoms with Crippen LogP contribution in [0.25, 0.3) is 0 Å². The molecule has 2 amide bonds. The number of benzene rings is 2. The molecule has 1 aliphatic heterocycles. The maximum Gasteiger partial charge on any atom is 0.257 e. The number of nitrogens with one attached hydrogen (secondary N) is 1. The molecule has 3 atom stereocenters. The molecule has 8 heteroatoms. The number of nitrogens with zero attached hydrogens (tertiary/aromatic N) is 2. The summed E-state index contributed by atoms with van der Waals surface area (Å²) in [6, 6.07) is 10.4. The van der Waals surface area contributed by atoms with Crippen LogP contribution in [0.4, 0.5) is 10.1 Å². The minimum atomic E-state index is -0.409. The van der Waals surface area contributed by atoms with Crippen molar-refractivity contribution in [3.05, 3.63) is 59.4 Å². The summed E-state index contributed by atoms with van der Waals surface area (Å²) in [7, 11) is 3.44. The van der Waals surface area contributed by atoms with Crippen LogP contribution in [0.1, 0.15) is 47.9 Å². The van der Waals surface area contributed by atoms with E-state index in [0.717, 1.165) is 19.5 Å². The van der Waals surface area contributed by atoms with E-state index in [4.69, 9.17) is 9.47 Å². The number of carbonyl (C=O) groups excluding carboxylic acids is 2. The smallest absolute Gasteiger partial charge is 0.257 e. The number of hydrogen-bond acceptors (Lipinski definition) is 5. The highest BCUT2D eigenvalue weighted by Gasteiger charge is 2.28. The van der Waals surface area contributed by atoms with Crippen LogP contribution in [0.15, 0.2) is 42.5 Å². The van der Waals surface area contributed by atoms with Gasteiger partial charge in [0.15, 0.2) is 0 Å². The van der Waals surface area contributed by atoms with Gasteiger partial charge in [-0.1, -0.05) is 13.8 Å². The van der Waals surface area contributed by atoms with Gasteiger partial charge in [-0.2, -0.15) is 0 Å². The second kappa shape index (κ2) is 12.1. The number of likely N-dealkylation sites (N-methyl/N-ethyl adjacent to an activating group) is 1. The van der Waals surface area contributed by atoms with E-state index < -0.39 is 5.82 Å². The molecular weight excluding hydrogens is 449 g/mol. The maximum atomic E-state index is 13.3. The predicted molar refractivity (Wildman–Crippen MR) is 135 cm³/mol. The number of ether oxygens (including phenoxy) is 2. The molecule has 0 saturated heterocycles. The van der Waals surface area contributed by atoms with Crippen LogP contribution in [0.5, 0.6) is 5.75 Å². The molecule has 1 aliphatic rings. The van der Waals surface area contributed by atoms with Gasteiger partial charge in [0.1, 0.15) is 18.2 Å². The summed E-state index contributed by atoms with van der Waals surface area (Å²) < 4.78 is 25.1. The molecule has 0 fully saturated rings. The summed E-state index contributed by atoms with van der Waals surface area (Å²) in [6.45, 7) is 9.03. The molecular formula is C27H36FN3O4. The molecule has 0 saturated carbocycles. The summed E-state index contributed by atoms with van der Waals surface area (Å²) in [4.78, 5) is 30.0. The predicted octanol–water partition coefficient (Wildman–Crippen LogP) is 4.29. The molecule has 2 aromatic rings. The van der Waals surface area contributed by atoms with Gasteiger partial charge in [-0.05, 0) is 62.2 Å². The summed E-state index contributed by atoms with van der Waals surface area (Å²) >= 11 is 0. The minimum Gasteiger partial charge on any atom is -0.491 e. The molecule has 35 heavy (non-hydrogen) atoms. The van der Waals surface area contributed by atoms with Gasteiger partial charge in [0.25, 0.3) is 11.8 Å². The fraction of sp³-hybridized carbons (Fsp3) is 0.481. The quantitative estimate of drug-likeness (QED) is 0.684. The number of rotatable bonds is 5. The molecule has 2 aromatic carbocycles. The van der Waals surface area contributed by atoms with Gasteiger partial charge in [-0.3, -0.25) is 14.5 Å². The zero-order valence-corrected chi connectivity index (χ0v) is 21.2. The highest BCUT2D eigenvalue weighted by Crippen LogP contribution is 2.27. The third-order valence-corrected chi connectivity index (χ3v) is 6.45. The summed E-state index contributed by atoms with van der Waals surface area (Å²) in [5.41, 5.74) is 1.24. The van der Waals surface area contributed by atoms with E-state index in [1.807, 2.05) is 0 Å². The molecule has 0 radical (unpaired) electrons. The van der Waals surface area contributed by atoms with Crippen molar-refractivity contribution < 1.29 is 23.5 Å². The van der Waals surface area contributed by atoms with Crippen LogP contribution in [0.2, 0.25) is 0 Å². The molecule has 3 rings (SSSR count). The zero-order valence-electron chi connectivity index (χ0n) is 21.2. The average molecular weight is 486 g/mol. The lowest BCUT2D eigenvalue weighted by molar-refractivity contribution is 0.0108. The van der Waals surface area contributed by atoms with Crippen molar-refractivity contribution in [2.75, 3.05) is 45.7 Å². The van der Waals surface area contributed by atoms with Gasteiger partial charge >= 0.3 is 0 Å². The van der Waals surface area contributed by atoms with E-state index in [1.165, 1.54) is 24.3 Å². The van der Waals surface area contributed by atoms with Crippen LogP contribution >= 0.6 is 0 Å². The number of hydrogen-bond donors (Lipinski definition) is 1. The molecule has 0 bridgehead atoms. The van der Waals surface area contributed by atoms with Crippen molar-refractivity contribution in [2.24, 2.45) is 5.92 Å². The SMILES string of the molecule is CCCN1C[C@H](C)[C@@H](OC)CN(C)C(=O)c2ccc(NC(=O)c3ccc(F)cc3)cc2OC[C@H]1C. The highest BCUT2D eigenvalue weighted by molar-refractivity contribution is 6.05. The third-order valence-electron chi connectivity index (χ3n) is 6.45. The van der Waals surface area contributed by atoms with Gasteiger partial charge in [-0.15, -0.1) is 0 Å². The standard InChI is InChI=1S/C27H36FN3O4/c1-6-13-31-15-18(2)25(34-5)16-30(4)27(33)23-12-11-22(14-24(23)35-17-19(31)3)29-26(32)20-7-9-21(28)10-8-20/h7-12,14,18-19,25H,6,13,15-17H2,1-5H3,(H,29,32)/t18-,19+,25-/m0/s1. The first kappa shape index (κ1) is 26.6. The van der Waals surface area contributed by atoms with Crippen molar-refractivity contribution in [2.45, 2.75) is 39.3 Å². The van der Waals surface area contributed by atoms with Crippen LogP contribution in [0, 0.1) is 11.7 Å². The van der Waals surface area contributed by atoms with E-state index >= 15 is 0 Å². The summed E-state index contributed by atoms with van der Waals surface area (Å²) in [5.74, 6) is -0.323. The Morgan fingerprint density at radius 2 is 1.89 bits per heavy atom. The van der Waals surface area contributed by atoms with Crippen molar-refractivity contribution in [1.82, 2.24) is 9.80 Å². The number of halogens is 1. The lowest BCUT2D eigenvalue weighted by atomic mass is 10.0. The lowest BCUT2D eigenvalue weighted by Gasteiger charge is -2.35. The monoisotopic (exact) mass is 485 g/mol. The molecule has 7 nitrogen and oxygen atoms in total. The molecule has 0 unspecified atom stereocenters. The van der Waals surface area contributed by atoms with E-state index in [9.17, 15) is 14.0 Å². The molecule has 0 aliphatic carbocycles. The second-order valence-electron chi connectivity index (χ2n) is 9.26. The number of carbonyl (C=O) groups is 2. The van der Waals surface area contributed by atoms with Crippen molar-refractivity contribution >= 4 is 17.5 Å². The number of fused-ring (bicyclic) bond motifs is 1. The van der Waals surface area contributed by atoms with Crippen molar-refractivity contribution in [1.29, 1.82) is 0 Å². The van der Waals surface area contributed by atoms with Crippen LogP contribution in [-0.2, 0) is 4.74 Å². The second-order valence-corrected chi connectivity index (χ2v) is 9.26. The molecule has 1 N–H and O–H groups in total. The van der Waals surface area contributed by atoms with E-state index in [1.54, 1.807) is 37.3 Å². The Morgan fingerprint density at radius 3 is 2.54 bits per heavy atom. The first-order chi connectivity index (χ1) is 16.7. The minimum absolute atomic E-state index is 0.103. The first-order valence-corrected chi connectivity index (χ1v) is 12.1. The fourth-order valence-electron chi connectivity index (χ4n) is 4.33. The Labute approximate surface area is 207 Å². The van der Waals surface area contributed by atoms with Crippen molar-refractivity contribution in [3.8, 4) is 5.75 Å². The normalized spacial score (nSPS) is 21.9. The maximum absolute atomic E-state index is 13.3. The van der Waals surface area contributed by atoms with Crippen LogP contribution in [-0.4, -0.2) is 74.2 Å². The molecule has 1 heterocycles. The lowest BCUT2D eigenvalue weighted by Crippen LogP contribution is -2.46. The van der Waals surface area contributed by atoms with Gasteiger partial charge in [-0.25, -0.2) is 4.39 Å². The Morgan fingerprint density at radius 1 is 1.17 bits per heavy atom. The average Bonchev–Trinajstić information content (AvgIpc) is 2.84. The first-order valence-electron chi connectivity index (χ1n) is 12.1. The summed E-state index contributed by atoms with van der Waals surface area (Å²) in [6.07, 6.45) is 0.914. The van der Waals surface area contributed by atoms with E-state index in [-0.39, 0.29) is 29.9 Å². The Hall–Kier alpha value is -2.97. The number of amides is 2. The van der Waals surface area contributed by atoms with E-state index in [2.05, 4.69) is 31.0 Å². The Kier molecular flexibility index (Phi) is 9.23. The van der Waals surface area contributed by atoms with Crippen LogP contribution < -0.4 is 10.1 Å². The Balaban J connectivity index is 1.90. The highest BCUT2D eigenvalue weighted by atomic mass is 19.1.